The van der Waals surface area contributed by atoms with E-state index >= 15 is 0 Å². The van der Waals surface area contributed by atoms with Crippen LogP contribution in [-0.2, 0) is 9.59 Å². The van der Waals surface area contributed by atoms with E-state index in [0.717, 1.165) is 4.90 Å². The van der Waals surface area contributed by atoms with Crippen molar-refractivity contribution in [2.24, 2.45) is 11.7 Å². The first-order valence-corrected chi connectivity index (χ1v) is 5.95. The normalized spacial score (nSPS) is 12.0. The van der Waals surface area contributed by atoms with Crippen molar-refractivity contribution in [1.82, 2.24) is 10.2 Å². The largest absolute Gasteiger partial charge is 0.480 e. The summed E-state index contributed by atoms with van der Waals surface area (Å²) in [5.41, 5.74) is 5.04. The molecule has 3 amide bonds. The second-order valence-electron chi connectivity index (χ2n) is 4.59. The van der Waals surface area contributed by atoms with Gasteiger partial charge in [-0.15, -0.1) is 0 Å². The van der Waals surface area contributed by atoms with Gasteiger partial charge in [-0.3, -0.25) is 4.79 Å². The maximum Gasteiger partial charge on any atom is 0.326 e. The maximum atomic E-state index is 11.9. The number of aliphatic carboxylic acids is 1. The number of nitrogens with zero attached hydrogens (tertiary/aromatic N) is 1. The highest BCUT2D eigenvalue weighted by Gasteiger charge is 2.23. The molecule has 0 aromatic heterocycles. The molecule has 0 spiro atoms. The zero-order valence-corrected chi connectivity index (χ0v) is 11.1. The first kappa shape index (κ1) is 17.2. The SMILES string of the molecule is CC(C)CN(CC(N)=O)C(=O)NC(CCO)C(=O)O. The van der Waals surface area contributed by atoms with Crippen LogP contribution in [0.15, 0.2) is 0 Å². The van der Waals surface area contributed by atoms with E-state index in [0.29, 0.717) is 0 Å². The molecule has 1 atom stereocenters. The number of urea groups is 1. The van der Waals surface area contributed by atoms with Crippen molar-refractivity contribution in [3.05, 3.63) is 0 Å². The van der Waals surface area contributed by atoms with Crippen LogP contribution in [0.4, 0.5) is 4.79 Å². The average Bonchev–Trinajstić information content (AvgIpc) is 2.25. The minimum atomic E-state index is -1.24. The van der Waals surface area contributed by atoms with E-state index in [-0.39, 0.29) is 32.0 Å². The van der Waals surface area contributed by atoms with E-state index < -0.39 is 23.9 Å². The Morgan fingerprint density at radius 2 is 1.89 bits per heavy atom. The summed E-state index contributed by atoms with van der Waals surface area (Å²) in [6, 6.07) is -1.88. The number of nitrogens with one attached hydrogen (secondary N) is 1. The Morgan fingerprint density at radius 3 is 2.26 bits per heavy atom. The van der Waals surface area contributed by atoms with Gasteiger partial charge in [0, 0.05) is 19.6 Å². The van der Waals surface area contributed by atoms with Crippen LogP contribution in [0.3, 0.4) is 0 Å². The van der Waals surface area contributed by atoms with Crippen molar-refractivity contribution in [3.63, 3.8) is 0 Å². The minimum absolute atomic E-state index is 0.103. The molecule has 0 aliphatic carbocycles. The van der Waals surface area contributed by atoms with E-state index in [1.54, 1.807) is 0 Å². The summed E-state index contributed by atoms with van der Waals surface area (Å²) in [6.07, 6.45) is -0.104. The van der Waals surface area contributed by atoms with Crippen molar-refractivity contribution in [2.45, 2.75) is 26.3 Å². The Morgan fingerprint density at radius 1 is 1.32 bits per heavy atom. The number of carbonyl (C=O) groups excluding carboxylic acids is 2. The summed E-state index contributed by atoms with van der Waals surface area (Å²) >= 11 is 0. The van der Waals surface area contributed by atoms with Crippen LogP contribution in [0.1, 0.15) is 20.3 Å². The lowest BCUT2D eigenvalue weighted by Gasteiger charge is -2.25. The Kier molecular flexibility index (Phi) is 7.50. The molecule has 0 radical (unpaired) electrons. The second kappa shape index (κ2) is 8.30. The van der Waals surface area contributed by atoms with Crippen molar-refractivity contribution in [3.8, 4) is 0 Å². The maximum absolute atomic E-state index is 11.9. The van der Waals surface area contributed by atoms with Gasteiger partial charge in [0.1, 0.15) is 12.6 Å². The number of rotatable bonds is 8. The molecular formula is C11H21N3O5. The van der Waals surface area contributed by atoms with Gasteiger partial charge in [-0.1, -0.05) is 13.8 Å². The Balaban J connectivity index is 4.68. The van der Waals surface area contributed by atoms with Crippen LogP contribution in [0, 0.1) is 5.92 Å². The molecule has 0 rings (SSSR count). The Labute approximate surface area is 111 Å². The number of carbonyl (C=O) groups is 3. The molecule has 1 unspecified atom stereocenters. The third-order valence-electron chi connectivity index (χ3n) is 2.23. The summed E-state index contributed by atoms with van der Waals surface area (Å²) in [5.74, 6) is -1.82. The molecule has 0 aliphatic rings. The van der Waals surface area contributed by atoms with E-state index in [9.17, 15) is 14.4 Å². The smallest absolute Gasteiger partial charge is 0.326 e. The molecule has 0 saturated carbocycles. The molecule has 0 fully saturated rings. The topological polar surface area (TPSA) is 133 Å². The molecule has 8 nitrogen and oxygen atoms in total. The number of amides is 3. The summed E-state index contributed by atoms with van der Waals surface area (Å²) in [5, 5.41) is 19.8. The van der Waals surface area contributed by atoms with Crippen LogP contribution in [0.25, 0.3) is 0 Å². The van der Waals surface area contributed by atoms with E-state index in [1.807, 2.05) is 13.8 Å². The van der Waals surface area contributed by atoms with E-state index in [4.69, 9.17) is 15.9 Å². The lowest BCUT2D eigenvalue weighted by molar-refractivity contribution is -0.139. The molecule has 0 saturated heterocycles. The van der Waals surface area contributed by atoms with Crippen LogP contribution >= 0.6 is 0 Å². The van der Waals surface area contributed by atoms with Crippen molar-refractivity contribution in [2.75, 3.05) is 19.7 Å². The molecule has 0 aromatic carbocycles. The highest BCUT2D eigenvalue weighted by molar-refractivity contribution is 5.86. The van der Waals surface area contributed by atoms with Gasteiger partial charge in [0.05, 0.1) is 0 Å². The minimum Gasteiger partial charge on any atom is -0.480 e. The molecule has 0 aromatic rings. The molecule has 0 bridgehead atoms. The summed E-state index contributed by atoms with van der Waals surface area (Å²) in [4.78, 5) is 34.8. The number of aliphatic hydroxyl groups excluding tert-OH is 1. The average molecular weight is 275 g/mol. The number of carboxylic acid groups (broad SMARTS) is 1. The van der Waals surface area contributed by atoms with Gasteiger partial charge in [0.15, 0.2) is 0 Å². The summed E-state index contributed by atoms with van der Waals surface area (Å²) in [7, 11) is 0. The van der Waals surface area contributed by atoms with E-state index in [2.05, 4.69) is 5.32 Å². The van der Waals surface area contributed by atoms with Gasteiger partial charge in [-0.25, -0.2) is 9.59 Å². The van der Waals surface area contributed by atoms with Crippen molar-refractivity contribution < 1.29 is 24.6 Å². The lowest BCUT2D eigenvalue weighted by atomic mass is 10.2. The first-order valence-electron chi connectivity index (χ1n) is 5.95. The number of hydrogen-bond acceptors (Lipinski definition) is 4. The first-order chi connectivity index (χ1) is 8.77. The molecule has 0 aliphatic heterocycles. The van der Waals surface area contributed by atoms with Gasteiger partial charge < -0.3 is 26.2 Å². The Hall–Kier alpha value is -1.83. The van der Waals surface area contributed by atoms with Crippen LogP contribution in [0.2, 0.25) is 0 Å². The zero-order chi connectivity index (χ0) is 15.0. The van der Waals surface area contributed by atoms with Crippen molar-refractivity contribution >= 4 is 17.9 Å². The van der Waals surface area contributed by atoms with Crippen LogP contribution < -0.4 is 11.1 Å². The quantitative estimate of drug-likeness (QED) is 0.450. The zero-order valence-electron chi connectivity index (χ0n) is 11.1. The number of aliphatic hydroxyl groups is 1. The summed E-state index contributed by atoms with van der Waals surface area (Å²) in [6.45, 7) is 3.33. The van der Waals surface area contributed by atoms with Gasteiger partial charge >= 0.3 is 12.0 Å². The fraction of sp³-hybridized carbons (Fsp3) is 0.727. The van der Waals surface area contributed by atoms with E-state index in [1.165, 1.54) is 0 Å². The number of primary amides is 1. The molecular weight excluding hydrogens is 254 g/mol. The Bertz CT molecular complexity index is 332. The predicted octanol–water partition coefficient (Wildman–Crippen LogP) is -1.03. The standard InChI is InChI=1S/C11H21N3O5/c1-7(2)5-14(6-9(12)16)11(19)13-8(3-4-15)10(17)18/h7-8,15H,3-6H2,1-2H3,(H2,12,16)(H,13,19)(H,17,18). The van der Waals surface area contributed by atoms with Gasteiger partial charge in [0.25, 0.3) is 0 Å². The van der Waals surface area contributed by atoms with Crippen LogP contribution in [-0.4, -0.2) is 58.8 Å². The third-order valence-corrected chi connectivity index (χ3v) is 2.23. The molecule has 19 heavy (non-hydrogen) atoms. The summed E-state index contributed by atoms with van der Waals surface area (Å²) < 4.78 is 0. The van der Waals surface area contributed by atoms with Gasteiger partial charge in [0.2, 0.25) is 5.91 Å². The fourth-order valence-electron chi connectivity index (χ4n) is 1.47. The lowest BCUT2D eigenvalue weighted by Crippen LogP contribution is -2.51. The van der Waals surface area contributed by atoms with Crippen molar-refractivity contribution in [1.29, 1.82) is 0 Å². The molecule has 110 valence electrons. The third kappa shape index (κ3) is 7.24. The van der Waals surface area contributed by atoms with Crippen LogP contribution in [0.5, 0.6) is 0 Å². The molecule has 5 N–H and O–H groups in total. The molecule has 8 heteroatoms. The van der Waals surface area contributed by atoms with Gasteiger partial charge in [-0.05, 0) is 5.92 Å². The van der Waals surface area contributed by atoms with Gasteiger partial charge in [-0.2, -0.15) is 0 Å². The molecule has 0 heterocycles. The highest BCUT2D eigenvalue weighted by atomic mass is 16.4. The fourth-order valence-corrected chi connectivity index (χ4v) is 1.47. The monoisotopic (exact) mass is 275 g/mol. The highest BCUT2D eigenvalue weighted by Crippen LogP contribution is 2.01. The number of carboxylic acids is 1. The second-order valence-corrected chi connectivity index (χ2v) is 4.59. The number of nitrogens with two attached hydrogens (primary N) is 1. The number of hydrogen-bond donors (Lipinski definition) is 4. The predicted molar refractivity (Wildman–Crippen MR) is 67.3 cm³/mol.